The van der Waals surface area contributed by atoms with Gasteiger partial charge in [-0.15, -0.1) is 11.6 Å². The van der Waals surface area contributed by atoms with E-state index >= 15 is 0 Å². The molecule has 3 nitrogen and oxygen atoms in total. The molecule has 1 rings (SSSR count). The third-order valence-electron chi connectivity index (χ3n) is 0.958. The van der Waals surface area contributed by atoms with Crippen LogP contribution in [0.15, 0.2) is 0 Å². The van der Waals surface area contributed by atoms with Gasteiger partial charge in [0.25, 0.3) is 0 Å². The predicted molar refractivity (Wildman–Crippen MR) is 30.4 cm³/mol. The average Bonchev–Trinajstić information content (AvgIpc) is 1.64. The largest absolute Gasteiger partial charge is 0.291 e. The van der Waals surface area contributed by atoms with Crippen LogP contribution in [0.2, 0.25) is 0 Å². The van der Waals surface area contributed by atoms with Crippen LogP contribution in [-0.2, 0) is 4.79 Å². The Morgan fingerprint density at radius 3 is 2.88 bits per heavy atom. The first kappa shape index (κ1) is 5.85. The number of hydrogen-bond donors (Lipinski definition) is 2. The van der Waals surface area contributed by atoms with Crippen molar-refractivity contribution in [3.8, 4) is 0 Å². The number of amides is 1. The zero-order valence-corrected chi connectivity index (χ0v) is 5.03. The lowest BCUT2D eigenvalue weighted by Crippen LogP contribution is -2.47. The van der Waals surface area contributed by atoms with E-state index in [-0.39, 0.29) is 11.3 Å². The SMILES string of the molecule is O=C1CC(Cl)CNN1. The molecule has 1 heterocycles. The second-order valence-electron chi connectivity index (χ2n) is 1.73. The Morgan fingerprint density at radius 1 is 1.75 bits per heavy atom. The van der Waals surface area contributed by atoms with Crippen LogP contribution in [0.5, 0.6) is 0 Å². The van der Waals surface area contributed by atoms with Gasteiger partial charge in [0.15, 0.2) is 0 Å². The van der Waals surface area contributed by atoms with Crippen molar-refractivity contribution >= 4 is 17.5 Å². The van der Waals surface area contributed by atoms with Crippen LogP contribution in [-0.4, -0.2) is 17.8 Å². The van der Waals surface area contributed by atoms with Crippen molar-refractivity contribution in [3.63, 3.8) is 0 Å². The van der Waals surface area contributed by atoms with Crippen LogP contribution in [0.1, 0.15) is 6.42 Å². The molecule has 0 radical (unpaired) electrons. The summed E-state index contributed by atoms with van der Waals surface area (Å²) in [5, 5.41) is -0.0382. The van der Waals surface area contributed by atoms with Crippen LogP contribution in [0.25, 0.3) is 0 Å². The molecule has 46 valence electrons. The number of hydrazine groups is 1. The molecule has 1 unspecified atom stereocenters. The van der Waals surface area contributed by atoms with Crippen molar-refractivity contribution in [2.24, 2.45) is 0 Å². The molecule has 2 N–H and O–H groups in total. The molecular formula is C4H7ClN2O. The van der Waals surface area contributed by atoms with Crippen molar-refractivity contribution in [1.29, 1.82) is 0 Å². The Labute approximate surface area is 52.4 Å². The number of hydrogen-bond acceptors (Lipinski definition) is 2. The molecule has 4 heteroatoms. The van der Waals surface area contributed by atoms with E-state index in [0.29, 0.717) is 13.0 Å². The normalized spacial score (nSPS) is 29.6. The van der Waals surface area contributed by atoms with E-state index in [2.05, 4.69) is 10.9 Å². The number of nitrogens with one attached hydrogen (secondary N) is 2. The highest BCUT2D eigenvalue weighted by Crippen LogP contribution is 2.01. The average molecular weight is 135 g/mol. The molecule has 1 amide bonds. The number of carbonyl (C=O) groups excluding carboxylic acids is 1. The van der Waals surface area contributed by atoms with Gasteiger partial charge in [0.2, 0.25) is 5.91 Å². The van der Waals surface area contributed by atoms with Crippen molar-refractivity contribution in [2.75, 3.05) is 6.54 Å². The van der Waals surface area contributed by atoms with E-state index in [9.17, 15) is 4.79 Å². The highest BCUT2D eigenvalue weighted by atomic mass is 35.5. The van der Waals surface area contributed by atoms with E-state index < -0.39 is 0 Å². The van der Waals surface area contributed by atoms with Crippen LogP contribution in [0.4, 0.5) is 0 Å². The standard InChI is InChI=1S/C4H7ClN2O/c5-3-1-4(8)7-6-2-3/h3,6H,1-2H2,(H,7,8). The highest BCUT2D eigenvalue weighted by Gasteiger charge is 2.14. The van der Waals surface area contributed by atoms with E-state index in [1.807, 2.05) is 0 Å². The number of carbonyl (C=O) groups is 1. The molecule has 0 aromatic rings. The number of alkyl halides is 1. The third kappa shape index (κ3) is 1.35. The fourth-order valence-corrected chi connectivity index (χ4v) is 0.802. The van der Waals surface area contributed by atoms with E-state index in [0.717, 1.165) is 0 Å². The molecule has 1 saturated heterocycles. The Hall–Kier alpha value is -0.280. The summed E-state index contributed by atoms with van der Waals surface area (Å²) in [6.45, 7) is 0.660. The van der Waals surface area contributed by atoms with E-state index in [4.69, 9.17) is 11.6 Å². The monoisotopic (exact) mass is 134 g/mol. The molecule has 1 aliphatic rings. The number of rotatable bonds is 0. The summed E-state index contributed by atoms with van der Waals surface area (Å²) in [7, 11) is 0. The Balaban J connectivity index is 2.34. The fourth-order valence-electron chi connectivity index (χ4n) is 0.585. The van der Waals surface area contributed by atoms with Gasteiger partial charge in [0.05, 0.1) is 5.38 Å². The van der Waals surface area contributed by atoms with Crippen LogP contribution < -0.4 is 10.9 Å². The third-order valence-corrected chi connectivity index (χ3v) is 1.27. The molecular weight excluding hydrogens is 128 g/mol. The summed E-state index contributed by atoms with van der Waals surface area (Å²) >= 11 is 5.59. The van der Waals surface area contributed by atoms with Crippen LogP contribution in [0.3, 0.4) is 0 Å². The minimum atomic E-state index is -0.0382. The maximum absolute atomic E-state index is 10.4. The molecule has 0 saturated carbocycles. The van der Waals surface area contributed by atoms with Crippen molar-refractivity contribution in [1.82, 2.24) is 10.9 Å². The molecule has 0 spiro atoms. The van der Waals surface area contributed by atoms with E-state index in [1.165, 1.54) is 0 Å². The van der Waals surface area contributed by atoms with Gasteiger partial charge >= 0.3 is 0 Å². The minimum absolute atomic E-state index is 0.0312. The van der Waals surface area contributed by atoms with Gasteiger partial charge in [0.1, 0.15) is 0 Å². The quantitative estimate of drug-likeness (QED) is 0.444. The first-order chi connectivity index (χ1) is 3.79. The lowest BCUT2D eigenvalue weighted by molar-refractivity contribution is -0.123. The Morgan fingerprint density at radius 2 is 2.50 bits per heavy atom. The molecule has 1 aliphatic heterocycles. The van der Waals surface area contributed by atoms with Gasteiger partial charge in [0, 0.05) is 13.0 Å². The molecule has 0 aromatic carbocycles. The predicted octanol–water partition coefficient (Wildman–Crippen LogP) is -0.382. The zero-order chi connectivity index (χ0) is 5.98. The molecule has 0 bridgehead atoms. The van der Waals surface area contributed by atoms with Gasteiger partial charge in [-0.05, 0) is 0 Å². The summed E-state index contributed by atoms with van der Waals surface area (Å²) in [5.74, 6) is -0.0312. The van der Waals surface area contributed by atoms with Gasteiger partial charge in [-0.3, -0.25) is 10.2 Å². The second kappa shape index (κ2) is 2.33. The lowest BCUT2D eigenvalue weighted by atomic mass is 10.3. The summed E-state index contributed by atoms with van der Waals surface area (Å²) in [6, 6.07) is 0. The highest BCUT2D eigenvalue weighted by molar-refractivity contribution is 6.22. The maximum Gasteiger partial charge on any atom is 0.235 e. The molecule has 1 fully saturated rings. The molecule has 8 heavy (non-hydrogen) atoms. The first-order valence-corrected chi connectivity index (χ1v) is 2.88. The molecule has 0 aromatic heterocycles. The van der Waals surface area contributed by atoms with Crippen LogP contribution >= 0.6 is 11.6 Å². The first-order valence-electron chi connectivity index (χ1n) is 2.45. The smallest absolute Gasteiger partial charge is 0.235 e. The van der Waals surface area contributed by atoms with Gasteiger partial charge in [-0.1, -0.05) is 0 Å². The zero-order valence-electron chi connectivity index (χ0n) is 4.28. The number of halogens is 1. The second-order valence-corrected chi connectivity index (χ2v) is 2.35. The summed E-state index contributed by atoms with van der Waals surface area (Å²) in [5.41, 5.74) is 5.09. The fraction of sp³-hybridized carbons (Fsp3) is 0.750. The van der Waals surface area contributed by atoms with Gasteiger partial charge < -0.3 is 0 Å². The summed E-state index contributed by atoms with van der Waals surface area (Å²) in [6.07, 6.45) is 0.425. The van der Waals surface area contributed by atoms with Crippen molar-refractivity contribution < 1.29 is 4.79 Å². The summed E-state index contributed by atoms with van der Waals surface area (Å²) in [4.78, 5) is 10.4. The topological polar surface area (TPSA) is 41.1 Å². The van der Waals surface area contributed by atoms with Gasteiger partial charge in [-0.25, -0.2) is 5.43 Å². The summed E-state index contributed by atoms with van der Waals surface area (Å²) < 4.78 is 0. The van der Waals surface area contributed by atoms with E-state index in [1.54, 1.807) is 0 Å². The maximum atomic E-state index is 10.4. The lowest BCUT2D eigenvalue weighted by Gasteiger charge is -2.16. The van der Waals surface area contributed by atoms with Crippen molar-refractivity contribution in [2.45, 2.75) is 11.8 Å². The Kier molecular flexibility index (Phi) is 1.70. The Bertz CT molecular complexity index is 106. The van der Waals surface area contributed by atoms with Crippen molar-refractivity contribution in [3.05, 3.63) is 0 Å². The molecule has 0 aliphatic carbocycles. The minimum Gasteiger partial charge on any atom is -0.291 e. The van der Waals surface area contributed by atoms with Gasteiger partial charge in [-0.2, -0.15) is 0 Å². The molecule has 1 atom stereocenters. The van der Waals surface area contributed by atoms with Crippen LogP contribution in [0, 0.1) is 0 Å².